The Kier molecular flexibility index (Phi) is 5.71. The smallest absolute Gasteiger partial charge is 0.237 e. The van der Waals surface area contributed by atoms with E-state index in [-0.39, 0.29) is 17.6 Å². The zero-order valence-electron chi connectivity index (χ0n) is 13.3. The number of halogens is 1. The lowest BCUT2D eigenvalue weighted by atomic mass is 10.0. The molecule has 5 heteroatoms. The van der Waals surface area contributed by atoms with Gasteiger partial charge in [-0.2, -0.15) is 0 Å². The van der Waals surface area contributed by atoms with Gasteiger partial charge in [0.2, 0.25) is 5.91 Å². The van der Waals surface area contributed by atoms with Gasteiger partial charge in [-0.3, -0.25) is 4.79 Å². The monoisotopic (exact) mass is 316 g/mol. The Morgan fingerprint density at radius 2 is 1.61 bits per heavy atom. The third kappa shape index (κ3) is 5.07. The van der Waals surface area contributed by atoms with Gasteiger partial charge in [0, 0.05) is 6.54 Å². The predicted octanol–water partition coefficient (Wildman–Crippen LogP) is 3.22. The molecule has 0 heterocycles. The lowest BCUT2D eigenvalue weighted by Gasteiger charge is -2.15. The summed E-state index contributed by atoms with van der Waals surface area (Å²) in [5, 5.41) is 2.81. The van der Waals surface area contributed by atoms with Crippen molar-refractivity contribution in [2.45, 2.75) is 26.4 Å². The predicted molar refractivity (Wildman–Crippen MR) is 87.6 cm³/mol. The highest BCUT2D eigenvalue weighted by Gasteiger charge is 2.16. The molecule has 0 saturated carbocycles. The van der Waals surface area contributed by atoms with Gasteiger partial charge in [0.05, 0.1) is 6.04 Å². The number of hydrogen-bond donors (Lipinski definition) is 2. The summed E-state index contributed by atoms with van der Waals surface area (Å²) in [5.74, 6) is 0.845. The maximum absolute atomic E-state index is 12.8. The summed E-state index contributed by atoms with van der Waals surface area (Å²) in [4.78, 5) is 11.8. The Hall–Kier alpha value is -2.40. The molecule has 23 heavy (non-hydrogen) atoms. The Morgan fingerprint density at radius 1 is 1.09 bits per heavy atom. The van der Waals surface area contributed by atoms with Gasteiger partial charge in [0.25, 0.3) is 0 Å². The molecule has 1 atom stereocenters. The Labute approximate surface area is 135 Å². The fraction of sp³-hybridized carbons (Fsp3) is 0.278. The fourth-order valence-corrected chi connectivity index (χ4v) is 1.92. The summed E-state index contributed by atoms with van der Waals surface area (Å²) in [6.07, 6.45) is 0. The van der Waals surface area contributed by atoms with E-state index in [0.717, 1.165) is 5.56 Å². The van der Waals surface area contributed by atoms with Crippen LogP contribution >= 0.6 is 0 Å². The average molecular weight is 316 g/mol. The lowest BCUT2D eigenvalue weighted by molar-refractivity contribution is -0.123. The number of benzene rings is 2. The lowest BCUT2D eigenvalue weighted by Crippen LogP contribution is -2.43. The van der Waals surface area contributed by atoms with Crippen LogP contribution in [-0.2, 0) is 11.3 Å². The van der Waals surface area contributed by atoms with Gasteiger partial charge in [0.15, 0.2) is 0 Å². The molecule has 0 fully saturated rings. The van der Waals surface area contributed by atoms with Gasteiger partial charge in [0.1, 0.15) is 17.3 Å². The van der Waals surface area contributed by atoms with Crippen LogP contribution in [0.15, 0.2) is 48.5 Å². The molecule has 0 aliphatic heterocycles. The number of carbonyl (C=O) groups excluding carboxylic acids is 1. The van der Waals surface area contributed by atoms with E-state index in [1.54, 1.807) is 24.3 Å². The van der Waals surface area contributed by atoms with E-state index in [2.05, 4.69) is 5.32 Å². The van der Waals surface area contributed by atoms with Crippen molar-refractivity contribution < 1.29 is 13.9 Å². The molecule has 0 aliphatic carbocycles. The van der Waals surface area contributed by atoms with Crippen LogP contribution in [0.3, 0.4) is 0 Å². The minimum Gasteiger partial charge on any atom is -0.457 e. The summed E-state index contributed by atoms with van der Waals surface area (Å²) >= 11 is 0. The Bertz CT molecular complexity index is 639. The standard InChI is InChI=1S/C18H21FN2O2/c1-12(2)17(20)18(22)21-11-13-3-7-15(8-4-13)23-16-9-5-14(19)6-10-16/h3-10,12,17H,11,20H2,1-2H3,(H,21,22)/t17-/m1/s1. The molecule has 0 aromatic heterocycles. The maximum atomic E-state index is 12.8. The Balaban J connectivity index is 1.89. The van der Waals surface area contributed by atoms with Crippen LogP contribution in [-0.4, -0.2) is 11.9 Å². The summed E-state index contributed by atoms with van der Waals surface area (Å²) in [7, 11) is 0. The second-order valence-corrected chi connectivity index (χ2v) is 5.69. The summed E-state index contributed by atoms with van der Waals surface area (Å²) < 4.78 is 18.4. The maximum Gasteiger partial charge on any atom is 0.237 e. The van der Waals surface area contributed by atoms with Gasteiger partial charge in [-0.15, -0.1) is 0 Å². The molecule has 0 radical (unpaired) electrons. The molecule has 3 N–H and O–H groups in total. The van der Waals surface area contributed by atoms with Crippen molar-refractivity contribution in [2.24, 2.45) is 11.7 Å². The Morgan fingerprint density at radius 3 is 2.13 bits per heavy atom. The van der Waals surface area contributed by atoms with Crippen molar-refractivity contribution in [3.8, 4) is 11.5 Å². The SMILES string of the molecule is CC(C)[C@@H](N)C(=O)NCc1ccc(Oc2ccc(F)cc2)cc1. The largest absolute Gasteiger partial charge is 0.457 e. The van der Waals surface area contributed by atoms with E-state index in [1.807, 2.05) is 26.0 Å². The van der Waals surface area contributed by atoms with E-state index >= 15 is 0 Å². The highest BCUT2D eigenvalue weighted by Crippen LogP contribution is 2.21. The number of ether oxygens (including phenoxy) is 1. The second kappa shape index (κ2) is 7.74. The zero-order valence-corrected chi connectivity index (χ0v) is 13.3. The van der Waals surface area contributed by atoms with Gasteiger partial charge in [-0.05, 0) is 47.9 Å². The number of carbonyl (C=O) groups is 1. The number of rotatable bonds is 6. The third-order valence-electron chi connectivity index (χ3n) is 3.46. The number of nitrogens with two attached hydrogens (primary N) is 1. The van der Waals surface area contributed by atoms with Crippen molar-refractivity contribution in [1.82, 2.24) is 5.32 Å². The average Bonchev–Trinajstić information content (AvgIpc) is 2.55. The van der Waals surface area contributed by atoms with Crippen molar-refractivity contribution in [3.63, 3.8) is 0 Å². The van der Waals surface area contributed by atoms with Crippen LogP contribution in [0.25, 0.3) is 0 Å². The summed E-state index contributed by atoms with van der Waals surface area (Å²) in [6, 6.07) is 12.6. The van der Waals surface area contributed by atoms with Crippen molar-refractivity contribution in [3.05, 3.63) is 59.9 Å². The second-order valence-electron chi connectivity index (χ2n) is 5.69. The van der Waals surface area contributed by atoms with Crippen molar-refractivity contribution in [2.75, 3.05) is 0 Å². The molecule has 0 bridgehead atoms. The van der Waals surface area contributed by atoms with Gasteiger partial charge < -0.3 is 15.8 Å². The van der Waals surface area contributed by atoms with E-state index in [9.17, 15) is 9.18 Å². The molecule has 122 valence electrons. The molecule has 2 rings (SSSR count). The number of hydrogen-bond acceptors (Lipinski definition) is 3. The van der Waals surface area contributed by atoms with Crippen LogP contribution < -0.4 is 15.8 Å². The highest BCUT2D eigenvalue weighted by atomic mass is 19.1. The molecule has 0 unspecified atom stereocenters. The first-order valence-corrected chi connectivity index (χ1v) is 7.51. The number of nitrogens with one attached hydrogen (secondary N) is 1. The first-order valence-electron chi connectivity index (χ1n) is 7.51. The topological polar surface area (TPSA) is 64.4 Å². The fourth-order valence-electron chi connectivity index (χ4n) is 1.92. The van der Waals surface area contributed by atoms with Gasteiger partial charge >= 0.3 is 0 Å². The van der Waals surface area contributed by atoms with Gasteiger partial charge in [-0.25, -0.2) is 4.39 Å². The van der Waals surface area contributed by atoms with E-state index in [4.69, 9.17) is 10.5 Å². The van der Waals surface area contributed by atoms with Crippen molar-refractivity contribution >= 4 is 5.91 Å². The van der Waals surface area contributed by atoms with Crippen LogP contribution in [0.4, 0.5) is 4.39 Å². The third-order valence-corrected chi connectivity index (χ3v) is 3.46. The molecule has 0 aliphatic rings. The van der Waals surface area contributed by atoms with E-state index in [1.165, 1.54) is 12.1 Å². The zero-order chi connectivity index (χ0) is 16.8. The van der Waals surface area contributed by atoms with Crippen LogP contribution in [0.1, 0.15) is 19.4 Å². The molecule has 1 amide bonds. The molecule has 0 spiro atoms. The molecular formula is C18H21FN2O2. The van der Waals surface area contributed by atoms with Gasteiger partial charge in [-0.1, -0.05) is 26.0 Å². The first kappa shape index (κ1) is 17.0. The van der Waals surface area contributed by atoms with Crippen molar-refractivity contribution in [1.29, 1.82) is 0 Å². The molecule has 2 aromatic carbocycles. The first-order chi connectivity index (χ1) is 11.0. The summed E-state index contributed by atoms with van der Waals surface area (Å²) in [5.41, 5.74) is 6.73. The highest BCUT2D eigenvalue weighted by molar-refractivity contribution is 5.81. The molecule has 4 nitrogen and oxygen atoms in total. The minimum atomic E-state index is -0.504. The van der Waals surface area contributed by atoms with E-state index in [0.29, 0.717) is 18.0 Å². The molecule has 0 saturated heterocycles. The molecule has 2 aromatic rings. The number of amides is 1. The summed E-state index contributed by atoms with van der Waals surface area (Å²) in [6.45, 7) is 4.23. The van der Waals surface area contributed by atoms with E-state index < -0.39 is 6.04 Å². The normalized spacial score (nSPS) is 12.0. The van der Waals surface area contributed by atoms with Crippen LogP contribution in [0, 0.1) is 11.7 Å². The quantitative estimate of drug-likeness (QED) is 0.860. The minimum absolute atomic E-state index is 0.0986. The van der Waals surface area contributed by atoms with Crippen LogP contribution in [0.5, 0.6) is 11.5 Å². The molecular weight excluding hydrogens is 295 g/mol. The van der Waals surface area contributed by atoms with Crippen LogP contribution in [0.2, 0.25) is 0 Å².